The van der Waals surface area contributed by atoms with Crippen molar-refractivity contribution in [3.63, 3.8) is 0 Å². The van der Waals surface area contributed by atoms with E-state index in [1.807, 2.05) is 49.4 Å². The average Bonchev–Trinajstić information content (AvgIpc) is 2.61. The zero-order chi connectivity index (χ0) is 18.2. The van der Waals surface area contributed by atoms with Crippen LogP contribution in [0.1, 0.15) is 28.4 Å². The molecule has 5 nitrogen and oxygen atoms in total. The molecule has 0 fully saturated rings. The number of nitrogens with one attached hydrogen (secondary N) is 1. The normalized spacial score (nSPS) is 10.2. The molecule has 0 bridgehead atoms. The molecule has 0 aliphatic heterocycles. The van der Waals surface area contributed by atoms with E-state index in [1.165, 1.54) is 6.92 Å². The Labute approximate surface area is 148 Å². The molecule has 0 radical (unpaired) electrons. The van der Waals surface area contributed by atoms with Crippen LogP contribution in [0, 0.1) is 6.92 Å². The van der Waals surface area contributed by atoms with Crippen molar-refractivity contribution in [2.75, 3.05) is 20.2 Å². The van der Waals surface area contributed by atoms with Gasteiger partial charge in [0.15, 0.2) is 0 Å². The van der Waals surface area contributed by atoms with Crippen LogP contribution in [0.4, 0.5) is 0 Å². The lowest BCUT2D eigenvalue weighted by Crippen LogP contribution is -2.37. The van der Waals surface area contributed by atoms with E-state index in [4.69, 9.17) is 4.74 Å². The standard InChI is InChI=1S/C20H24N2O3/c1-15-5-4-6-18(13-15)20(24)21-11-12-22(16(2)23)14-17-7-9-19(25-3)10-8-17/h4-10,13H,11-12,14H2,1-3H3,(H,21,24). The molecule has 2 aromatic rings. The zero-order valence-corrected chi connectivity index (χ0v) is 14.9. The van der Waals surface area contributed by atoms with Crippen LogP contribution in [0.25, 0.3) is 0 Å². The average molecular weight is 340 g/mol. The lowest BCUT2D eigenvalue weighted by atomic mass is 10.1. The van der Waals surface area contributed by atoms with Crippen LogP contribution in [-0.2, 0) is 11.3 Å². The van der Waals surface area contributed by atoms with E-state index in [2.05, 4.69) is 5.32 Å². The van der Waals surface area contributed by atoms with Crippen LogP contribution < -0.4 is 10.1 Å². The number of hydrogen-bond donors (Lipinski definition) is 1. The maximum Gasteiger partial charge on any atom is 0.251 e. The Morgan fingerprint density at radius 1 is 1.12 bits per heavy atom. The van der Waals surface area contributed by atoms with Crippen LogP contribution in [0.3, 0.4) is 0 Å². The molecule has 0 spiro atoms. The predicted molar refractivity (Wildman–Crippen MR) is 97.6 cm³/mol. The number of carbonyl (C=O) groups excluding carboxylic acids is 2. The topological polar surface area (TPSA) is 58.6 Å². The van der Waals surface area contributed by atoms with Gasteiger partial charge in [0.25, 0.3) is 5.91 Å². The van der Waals surface area contributed by atoms with Gasteiger partial charge in [-0.1, -0.05) is 29.8 Å². The number of aryl methyl sites for hydroxylation is 1. The first kappa shape index (κ1) is 18.5. The number of methoxy groups -OCH3 is 1. The van der Waals surface area contributed by atoms with E-state index in [0.717, 1.165) is 16.9 Å². The molecule has 0 atom stereocenters. The molecule has 0 aliphatic rings. The van der Waals surface area contributed by atoms with Crippen LogP contribution in [-0.4, -0.2) is 36.9 Å². The van der Waals surface area contributed by atoms with Crippen LogP contribution in [0.15, 0.2) is 48.5 Å². The number of nitrogens with zero attached hydrogens (tertiary/aromatic N) is 1. The molecule has 0 aromatic heterocycles. The summed E-state index contributed by atoms with van der Waals surface area (Å²) in [4.78, 5) is 25.7. The summed E-state index contributed by atoms with van der Waals surface area (Å²) < 4.78 is 5.14. The molecule has 2 rings (SSSR count). The highest BCUT2D eigenvalue weighted by Crippen LogP contribution is 2.13. The van der Waals surface area contributed by atoms with Gasteiger partial charge in [0.2, 0.25) is 5.91 Å². The smallest absolute Gasteiger partial charge is 0.251 e. The highest BCUT2D eigenvalue weighted by atomic mass is 16.5. The van der Waals surface area contributed by atoms with Gasteiger partial charge in [-0.15, -0.1) is 0 Å². The van der Waals surface area contributed by atoms with E-state index < -0.39 is 0 Å². The predicted octanol–water partition coefficient (Wildman–Crippen LogP) is 2.78. The quantitative estimate of drug-likeness (QED) is 0.843. The van der Waals surface area contributed by atoms with Crippen LogP contribution >= 0.6 is 0 Å². The molecule has 0 aliphatic carbocycles. The van der Waals surface area contributed by atoms with E-state index in [9.17, 15) is 9.59 Å². The van der Waals surface area contributed by atoms with Crippen molar-refractivity contribution < 1.29 is 14.3 Å². The van der Waals surface area contributed by atoms with Crippen molar-refractivity contribution >= 4 is 11.8 Å². The third-order valence-corrected chi connectivity index (χ3v) is 3.93. The highest BCUT2D eigenvalue weighted by Gasteiger charge is 2.11. The number of rotatable bonds is 7. The molecule has 1 N–H and O–H groups in total. The van der Waals surface area contributed by atoms with E-state index >= 15 is 0 Å². The molecule has 2 amide bonds. The number of benzene rings is 2. The van der Waals surface area contributed by atoms with E-state index in [-0.39, 0.29) is 11.8 Å². The molecule has 0 heterocycles. The fourth-order valence-electron chi connectivity index (χ4n) is 2.49. The zero-order valence-electron chi connectivity index (χ0n) is 14.9. The second-order valence-electron chi connectivity index (χ2n) is 5.91. The number of hydrogen-bond acceptors (Lipinski definition) is 3. The van der Waals surface area contributed by atoms with Crippen molar-refractivity contribution in [1.29, 1.82) is 0 Å². The summed E-state index contributed by atoms with van der Waals surface area (Å²) in [6.45, 7) is 4.84. The van der Waals surface area contributed by atoms with Gasteiger partial charge in [0.05, 0.1) is 7.11 Å². The Morgan fingerprint density at radius 3 is 2.44 bits per heavy atom. The fraction of sp³-hybridized carbons (Fsp3) is 0.300. The molecule has 25 heavy (non-hydrogen) atoms. The lowest BCUT2D eigenvalue weighted by molar-refractivity contribution is -0.129. The summed E-state index contributed by atoms with van der Waals surface area (Å²) in [5.74, 6) is 0.626. The third kappa shape index (κ3) is 5.64. The monoisotopic (exact) mass is 340 g/mol. The third-order valence-electron chi connectivity index (χ3n) is 3.93. The minimum absolute atomic E-state index is 0.0272. The molecule has 2 aromatic carbocycles. The first-order valence-corrected chi connectivity index (χ1v) is 8.23. The maximum absolute atomic E-state index is 12.1. The molecular formula is C20H24N2O3. The summed E-state index contributed by atoms with van der Waals surface area (Å²) in [7, 11) is 1.62. The summed E-state index contributed by atoms with van der Waals surface area (Å²) in [5, 5.41) is 2.86. The van der Waals surface area contributed by atoms with Crippen molar-refractivity contribution in [3.05, 3.63) is 65.2 Å². The first-order valence-electron chi connectivity index (χ1n) is 8.23. The Kier molecular flexibility index (Phi) is 6.57. The maximum atomic E-state index is 12.1. The lowest BCUT2D eigenvalue weighted by Gasteiger charge is -2.21. The van der Waals surface area contributed by atoms with Crippen LogP contribution in [0.2, 0.25) is 0 Å². The number of ether oxygens (including phenoxy) is 1. The van der Waals surface area contributed by atoms with Gasteiger partial charge < -0.3 is 15.0 Å². The van der Waals surface area contributed by atoms with Gasteiger partial charge in [-0.25, -0.2) is 0 Å². The van der Waals surface area contributed by atoms with Crippen molar-refractivity contribution in [1.82, 2.24) is 10.2 Å². The molecule has 0 unspecified atom stereocenters. The van der Waals surface area contributed by atoms with Gasteiger partial charge >= 0.3 is 0 Å². The van der Waals surface area contributed by atoms with Gasteiger partial charge in [0, 0.05) is 32.1 Å². The molecule has 5 heteroatoms. The van der Waals surface area contributed by atoms with Gasteiger partial charge in [-0.05, 0) is 36.8 Å². The Hall–Kier alpha value is -2.82. The summed E-state index contributed by atoms with van der Waals surface area (Å²) in [6, 6.07) is 15.0. The second-order valence-corrected chi connectivity index (χ2v) is 5.91. The number of amides is 2. The van der Waals surface area contributed by atoms with Crippen molar-refractivity contribution in [2.24, 2.45) is 0 Å². The molecular weight excluding hydrogens is 316 g/mol. The Bertz CT molecular complexity index is 726. The minimum Gasteiger partial charge on any atom is -0.497 e. The molecule has 0 saturated heterocycles. The summed E-state index contributed by atoms with van der Waals surface area (Å²) in [5.41, 5.74) is 2.68. The first-order chi connectivity index (χ1) is 12.0. The van der Waals surface area contributed by atoms with E-state index in [0.29, 0.717) is 25.2 Å². The van der Waals surface area contributed by atoms with Crippen molar-refractivity contribution in [2.45, 2.75) is 20.4 Å². The number of carbonyl (C=O) groups is 2. The van der Waals surface area contributed by atoms with E-state index in [1.54, 1.807) is 18.1 Å². The Morgan fingerprint density at radius 2 is 1.84 bits per heavy atom. The second kappa shape index (κ2) is 8.87. The fourth-order valence-corrected chi connectivity index (χ4v) is 2.49. The SMILES string of the molecule is COc1ccc(CN(CCNC(=O)c2cccc(C)c2)C(C)=O)cc1. The van der Waals surface area contributed by atoms with Gasteiger partial charge in [0.1, 0.15) is 5.75 Å². The van der Waals surface area contributed by atoms with Crippen molar-refractivity contribution in [3.8, 4) is 5.75 Å². The largest absolute Gasteiger partial charge is 0.497 e. The minimum atomic E-state index is -0.128. The van der Waals surface area contributed by atoms with Gasteiger partial charge in [-0.2, -0.15) is 0 Å². The van der Waals surface area contributed by atoms with Crippen LogP contribution in [0.5, 0.6) is 5.75 Å². The Balaban J connectivity index is 1.88. The van der Waals surface area contributed by atoms with Gasteiger partial charge in [-0.3, -0.25) is 9.59 Å². The summed E-state index contributed by atoms with van der Waals surface area (Å²) in [6.07, 6.45) is 0. The molecule has 0 saturated carbocycles. The highest BCUT2D eigenvalue weighted by molar-refractivity contribution is 5.94. The molecule has 132 valence electrons. The summed E-state index contributed by atoms with van der Waals surface area (Å²) >= 11 is 0.